The summed E-state index contributed by atoms with van der Waals surface area (Å²) in [4.78, 5) is 13.8. The first kappa shape index (κ1) is 13.9. The van der Waals surface area contributed by atoms with Crippen LogP contribution in [0.5, 0.6) is 5.75 Å². The lowest BCUT2D eigenvalue weighted by molar-refractivity contribution is -0.117. The van der Waals surface area contributed by atoms with E-state index in [1.165, 1.54) is 18.4 Å². The number of hydrogen-bond donors (Lipinski definition) is 1. The lowest BCUT2D eigenvalue weighted by atomic mass is 10.1. The number of rotatable bonds is 6. The van der Waals surface area contributed by atoms with Gasteiger partial charge in [0.05, 0.1) is 19.3 Å². The molecule has 104 valence electrons. The van der Waals surface area contributed by atoms with Crippen LogP contribution in [0.2, 0.25) is 0 Å². The van der Waals surface area contributed by atoms with Gasteiger partial charge in [0.1, 0.15) is 5.75 Å². The highest BCUT2D eigenvalue weighted by Crippen LogP contribution is 2.29. The van der Waals surface area contributed by atoms with Crippen molar-refractivity contribution < 1.29 is 9.53 Å². The summed E-state index contributed by atoms with van der Waals surface area (Å²) in [5, 5.41) is 3.24. The summed E-state index contributed by atoms with van der Waals surface area (Å²) < 4.78 is 5.34. The fraction of sp³-hybridized carbons (Fsp3) is 0.533. The van der Waals surface area contributed by atoms with E-state index < -0.39 is 0 Å². The number of nitrogens with one attached hydrogen (secondary N) is 1. The number of benzene rings is 1. The zero-order chi connectivity index (χ0) is 13.8. The maximum absolute atomic E-state index is 12.2. The Hall–Kier alpha value is -1.55. The first-order valence-electron chi connectivity index (χ1n) is 6.82. The highest BCUT2D eigenvalue weighted by molar-refractivity contribution is 5.95. The lowest BCUT2D eigenvalue weighted by Crippen LogP contribution is -2.36. The molecule has 0 aliphatic heterocycles. The van der Waals surface area contributed by atoms with E-state index in [-0.39, 0.29) is 5.91 Å². The Morgan fingerprint density at radius 3 is 2.79 bits per heavy atom. The third kappa shape index (κ3) is 3.47. The van der Waals surface area contributed by atoms with Gasteiger partial charge in [-0.2, -0.15) is 0 Å². The number of likely N-dealkylation sites (N-methyl/N-ethyl adjacent to an activating group) is 1. The highest BCUT2D eigenvalue weighted by Gasteiger charge is 2.23. The van der Waals surface area contributed by atoms with E-state index in [0.717, 1.165) is 17.9 Å². The van der Waals surface area contributed by atoms with Crippen LogP contribution < -0.4 is 15.0 Å². The van der Waals surface area contributed by atoms with Crippen molar-refractivity contribution in [3.05, 3.63) is 23.8 Å². The standard InChI is InChI=1S/C15H22N2O2/c1-4-11-5-8-14(19-3)13(9-11)17(2)15(18)10-16-12-6-7-12/h5,8-9,12,16H,4,6-7,10H2,1-3H3. The zero-order valence-electron chi connectivity index (χ0n) is 11.9. The van der Waals surface area contributed by atoms with Gasteiger partial charge in [-0.15, -0.1) is 0 Å². The second-order valence-electron chi connectivity index (χ2n) is 4.97. The van der Waals surface area contributed by atoms with Crippen molar-refractivity contribution in [3.8, 4) is 5.75 Å². The monoisotopic (exact) mass is 262 g/mol. The molecule has 1 amide bonds. The van der Waals surface area contributed by atoms with E-state index in [4.69, 9.17) is 4.74 Å². The molecule has 4 nitrogen and oxygen atoms in total. The molecule has 1 aromatic rings. The summed E-state index contributed by atoms with van der Waals surface area (Å²) in [7, 11) is 3.43. The number of methoxy groups -OCH3 is 1. The summed E-state index contributed by atoms with van der Waals surface area (Å²) in [5.74, 6) is 0.804. The quantitative estimate of drug-likeness (QED) is 0.852. The summed E-state index contributed by atoms with van der Waals surface area (Å²) in [5.41, 5.74) is 2.04. The smallest absolute Gasteiger partial charge is 0.240 e. The van der Waals surface area contributed by atoms with E-state index >= 15 is 0 Å². The molecule has 0 unspecified atom stereocenters. The lowest BCUT2D eigenvalue weighted by Gasteiger charge is -2.21. The van der Waals surface area contributed by atoms with Crippen LogP contribution in [0.4, 0.5) is 5.69 Å². The molecule has 2 rings (SSSR count). The van der Waals surface area contributed by atoms with Gasteiger partial charge in [0.15, 0.2) is 0 Å². The Labute approximate surface area is 114 Å². The molecule has 4 heteroatoms. The van der Waals surface area contributed by atoms with Crippen LogP contribution >= 0.6 is 0 Å². The molecule has 0 heterocycles. The highest BCUT2D eigenvalue weighted by atomic mass is 16.5. The van der Waals surface area contributed by atoms with Crippen LogP contribution in [0, 0.1) is 0 Å². The molecule has 19 heavy (non-hydrogen) atoms. The molecule has 1 aromatic carbocycles. The van der Waals surface area contributed by atoms with Gasteiger partial charge in [0.2, 0.25) is 5.91 Å². The van der Waals surface area contributed by atoms with Crippen LogP contribution in [0.3, 0.4) is 0 Å². The average Bonchev–Trinajstić information content (AvgIpc) is 3.27. The molecule has 1 saturated carbocycles. The van der Waals surface area contributed by atoms with Crippen LogP contribution in [0.15, 0.2) is 18.2 Å². The van der Waals surface area contributed by atoms with Crippen LogP contribution in [-0.2, 0) is 11.2 Å². The van der Waals surface area contributed by atoms with Crippen molar-refractivity contribution in [1.82, 2.24) is 5.32 Å². The number of ether oxygens (including phenoxy) is 1. The molecule has 1 aliphatic carbocycles. The molecular weight excluding hydrogens is 240 g/mol. The SMILES string of the molecule is CCc1ccc(OC)c(N(C)C(=O)CNC2CC2)c1. The Bertz CT molecular complexity index is 455. The maximum Gasteiger partial charge on any atom is 0.240 e. The first-order chi connectivity index (χ1) is 9.15. The second kappa shape index (κ2) is 6.06. The maximum atomic E-state index is 12.2. The normalized spacial score (nSPS) is 14.3. The minimum Gasteiger partial charge on any atom is -0.495 e. The topological polar surface area (TPSA) is 41.6 Å². The molecule has 0 spiro atoms. The Morgan fingerprint density at radius 1 is 1.47 bits per heavy atom. The third-order valence-corrected chi connectivity index (χ3v) is 3.51. The predicted octanol–water partition coefficient (Wildman–Crippen LogP) is 1.97. The van der Waals surface area contributed by atoms with E-state index in [1.54, 1.807) is 19.1 Å². The van der Waals surface area contributed by atoms with E-state index in [9.17, 15) is 4.79 Å². The fourth-order valence-electron chi connectivity index (χ4n) is 1.99. The van der Waals surface area contributed by atoms with E-state index in [0.29, 0.717) is 12.6 Å². The summed E-state index contributed by atoms with van der Waals surface area (Å²) >= 11 is 0. The van der Waals surface area contributed by atoms with Crippen LogP contribution in [0.25, 0.3) is 0 Å². The summed E-state index contributed by atoms with van der Waals surface area (Å²) in [6.07, 6.45) is 3.32. The number of hydrogen-bond acceptors (Lipinski definition) is 3. The average molecular weight is 262 g/mol. The molecule has 1 fully saturated rings. The number of carbonyl (C=O) groups excluding carboxylic acids is 1. The molecule has 0 bridgehead atoms. The number of carbonyl (C=O) groups is 1. The van der Waals surface area contributed by atoms with E-state index in [1.807, 2.05) is 18.2 Å². The van der Waals surface area contributed by atoms with Gasteiger partial charge in [-0.25, -0.2) is 0 Å². The van der Waals surface area contributed by atoms with Crippen LogP contribution in [-0.4, -0.2) is 32.7 Å². The molecule has 1 N–H and O–H groups in total. The minimum atomic E-state index is 0.0680. The van der Waals surface area contributed by atoms with Crippen molar-refractivity contribution in [2.24, 2.45) is 0 Å². The fourth-order valence-corrected chi connectivity index (χ4v) is 1.99. The van der Waals surface area contributed by atoms with Gasteiger partial charge in [-0.05, 0) is 37.0 Å². The van der Waals surface area contributed by atoms with Crippen molar-refractivity contribution in [1.29, 1.82) is 0 Å². The number of amides is 1. The zero-order valence-corrected chi connectivity index (χ0v) is 11.9. The van der Waals surface area contributed by atoms with Gasteiger partial charge in [0, 0.05) is 13.1 Å². The first-order valence-corrected chi connectivity index (χ1v) is 6.82. The number of anilines is 1. The molecule has 0 aromatic heterocycles. The second-order valence-corrected chi connectivity index (χ2v) is 4.97. The van der Waals surface area contributed by atoms with Crippen molar-refractivity contribution >= 4 is 11.6 Å². The molecule has 0 atom stereocenters. The number of nitrogens with zero attached hydrogens (tertiary/aromatic N) is 1. The molecule has 0 radical (unpaired) electrons. The largest absolute Gasteiger partial charge is 0.495 e. The predicted molar refractivity (Wildman–Crippen MR) is 76.8 cm³/mol. The van der Waals surface area contributed by atoms with E-state index in [2.05, 4.69) is 12.2 Å². The van der Waals surface area contributed by atoms with Gasteiger partial charge in [0.25, 0.3) is 0 Å². The molecular formula is C15H22N2O2. The van der Waals surface area contributed by atoms with Crippen LogP contribution in [0.1, 0.15) is 25.3 Å². The minimum absolute atomic E-state index is 0.0680. The summed E-state index contributed by atoms with van der Waals surface area (Å²) in [6.45, 7) is 2.49. The molecule has 1 aliphatic rings. The Morgan fingerprint density at radius 2 is 2.21 bits per heavy atom. The van der Waals surface area contributed by atoms with Crippen molar-refractivity contribution in [3.63, 3.8) is 0 Å². The Kier molecular flexibility index (Phi) is 4.43. The Balaban J connectivity index is 2.10. The van der Waals surface area contributed by atoms with Gasteiger partial charge in [-0.3, -0.25) is 4.79 Å². The van der Waals surface area contributed by atoms with Gasteiger partial charge >= 0.3 is 0 Å². The van der Waals surface area contributed by atoms with Crippen molar-refractivity contribution in [2.75, 3.05) is 25.6 Å². The van der Waals surface area contributed by atoms with Crippen molar-refractivity contribution in [2.45, 2.75) is 32.2 Å². The molecule has 0 saturated heterocycles. The van der Waals surface area contributed by atoms with Gasteiger partial charge < -0.3 is 15.0 Å². The number of aryl methyl sites for hydroxylation is 1. The third-order valence-electron chi connectivity index (χ3n) is 3.51. The van der Waals surface area contributed by atoms with Gasteiger partial charge in [-0.1, -0.05) is 13.0 Å². The summed E-state index contributed by atoms with van der Waals surface area (Å²) in [6, 6.07) is 6.52.